The number of nitrogens with two attached hydrogens (primary N) is 1. The van der Waals surface area contributed by atoms with Gasteiger partial charge < -0.3 is 10.8 Å². The maximum absolute atomic E-state index is 10.5. The standard InChI is InChI=1S/C15H27NO/c1-15(2,16)8-13(17)14-11-4-9-3-10(6-11)7-12(14)5-9/h9-14,17H,3-8,16H2,1-2H3. The fourth-order valence-electron chi connectivity index (χ4n) is 5.27. The van der Waals surface area contributed by atoms with E-state index in [1.54, 1.807) is 0 Å². The van der Waals surface area contributed by atoms with Gasteiger partial charge in [0, 0.05) is 5.54 Å². The van der Waals surface area contributed by atoms with E-state index in [0.29, 0.717) is 5.92 Å². The van der Waals surface area contributed by atoms with Crippen molar-refractivity contribution >= 4 is 0 Å². The number of aliphatic hydroxyl groups is 1. The third kappa shape index (κ3) is 2.26. The van der Waals surface area contributed by atoms with Crippen LogP contribution in [0.1, 0.15) is 52.4 Å². The summed E-state index contributed by atoms with van der Waals surface area (Å²) in [7, 11) is 0. The first-order chi connectivity index (χ1) is 7.92. The van der Waals surface area contributed by atoms with Crippen LogP contribution in [0.5, 0.6) is 0 Å². The van der Waals surface area contributed by atoms with Crippen LogP contribution in [0.15, 0.2) is 0 Å². The molecular formula is C15H27NO. The molecule has 17 heavy (non-hydrogen) atoms. The van der Waals surface area contributed by atoms with Gasteiger partial charge in [0.05, 0.1) is 6.10 Å². The Kier molecular flexibility index (Phi) is 2.79. The van der Waals surface area contributed by atoms with Crippen molar-refractivity contribution in [2.45, 2.75) is 64.0 Å². The smallest absolute Gasteiger partial charge is 0.0591 e. The molecule has 0 heterocycles. The van der Waals surface area contributed by atoms with E-state index in [9.17, 15) is 5.11 Å². The highest BCUT2D eigenvalue weighted by molar-refractivity contribution is 5.01. The van der Waals surface area contributed by atoms with Crippen molar-refractivity contribution < 1.29 is 5.11 Å². The third-order valence-electron chi connectivity index (χ3n) is 5.48. The first-order valence-electron chi connectivity index (χ1n) is 7.39. The summed E-state index contributed by atoms with van der Waals surface area (Å²) in [5.74, 6) is 4.16. The highest BCUT2D eigenvalue weighted by atomic mass is 16.3. The normalized spacial score (nSPS) is 46.2. The summed E-state index contributed by atoms with van der Waals surface area (Å²) in [5.41, 5.74) is 5.84. The monoisotopic (exact) mass is 237 g/mol. The minimum atomic E-state index is -0.228. The predicted molar refractivity (Wildman–Crippen MR) is 69.4 cm³/mol. The fraction of sp³-hybridized carbons (Fsp3) is 1.00. The summed E-state index contributed by atoms with van der Waals surface area (Å²) in [6.07, 6.45) is 7.64. The summed E-state index contributed by atoms with van der Waals surface area (Å²) in [5, 5.41) is 10.5. The Morgan fingerprint density at radius 2 is 1.53 bits per heavy atom. The molecule has 4 aliphatic rings. The summed E-state index contributed by atoms with van der Waals surface area (Å²) >= 11 is 0. The Labute approximate surface area is 105 Å². The average molecular weight is 237 g/mol. The van der Waals surface area contributed by atoms with Crippen LogP contribution in [0.25, 0.3) is 0 Å². The topological polar surface area (TPSA) is 46.2 Å². The van der Waals surface area contributed by atoms with E-state index >= 15 is 0 Å². The maximum Gasteiger partial charge on any atom is 0.0591 e. The molecular weight excluding hydrogens is 210 g/mol. The molecule has 3 N–H and O–H groups in total. The summed E-state index contributed by atoms with van der Waals surface area (Å²) in [4.78, 5) is 0. The zero-order valence-electron chi connectivity index (χ0n) is 11.2. The van der Waals surface area contributed by atoms with E-state index in [1.165, 1.54) is 32.1 Å². The number of hydrogen-bond acceptors (Lipinski definition) is 2. The Morgan fingerprint density at radius 1 is 1.06 bits per heavy atom. The van der Waals surface area contributed by atoms with Gasteiger partial charge in [-0.2, -0.15) is 0 Å². The molecule has 0 aromatic carbocycles. The molecule has 2 heteroatoms. The molecule has 4 saturated carbocycles. The first kappa shape index (κ1) is 12.0. The quantitative estimate of drug-likeness (QED) is 0.792. The Morgan fingerprint density at radius 3 is 1.94 bits per heavy atom. The van der Waals surface area contributed by atoms with Crippen LogP contribution in [-0.2, 0) is 0 Å². The van der Waals surface area contributed by atoms with Crippen molar-refractivity contribution in [3.8, 4) is 0 Å². The minimum absolute atomic E-state index is 0.162. The molecule has 4 bridgehead atoms. The van der Waals surface area contributed by atoms with Crippen LogP contribution >= 0.6 is 0 Å². The number of rotatable bonds is 3. The molecule has 0 amide bonds. The van der Waals surface area contributed by atoms with Crippen molar-refractivity contribution in [2.75, 3.05) is 0 Å². The molecule has 98 valence electrons. The Balaban J connectivity index is 1.71. The third-order valence-corrected chi connectivity index (χ3v) is 5.48. The van der Waals surface area contributed by atoms with Crippen LogP contribution in [0.2, 0.25) is 0 Å². The predicted octanol–water partition coefficient (Wildman–Crippen LogP) is 2.55. The summed E-state index contributed by atoms with van der Waals surface area (Å²) in [6.45, 7) is 4.07. The number of aliphatic hydroxyl groups excluding tert-OH is 1. The van der Waals surface area contributed by atoms with Crippen molar-refractivity contribution in [1.82, 2.24) is 0 Å². The van der Waals surface area contributed by atoms with Gasteiger partial charge in [-0.3, -0.25) is 0 Å². The van der Waals surface area contributed by atoms with Gasteiger partial charge in [-0.1, -0.05) is 0 Å². The van der Waals surface area contributed by atoms with Crippen LogP contribution in [0, 0.1) is 29.6 Å². The zero-order valence-corrected chi connectivity index (χ0v) is 11.2. The Bertz CT molecular complexity index is 266. The first-order valence-corrected chi connectivity index (χ1v) is 7.39. The van der Waals surface area contributed by atoms with Gasteiger partial charge in [-0.15, -0.1) is 0 Å². The van der Waals surface area contributed by atoms with Gasteiger partial charge in [0.1, 0.15) is 0 Å². The van der Waals surface area contributed by atoms with E-state index in [0.717, 1.165) is 30.1 Å². The lowest BCUT2D eigenvalue weighted by Crippen LogP contribution is -2.51. The molecule has 0 aliphatic heterocycles. The van der Waals surface area contributed by atoms with Gasteiger partial charge in [0.15, 0.2) is 0 Å². The molecule has 0 saturated heterocycles. The van der Waals surface area contributed by atoms with E-state index in [4.69, 9.17) is 5.73 Å². The second-order valence-electron chi connectivity index (χ2n) is 7.77. The molecule has 4 aliphatic carbocycles. The van der Waals surface area contributed by atoms with Crippen molar-refractivity contribution in [2.24, 2.45) is 35.3 Å². The largest absolute Gasteiger partial charge is 0.393 e. The lowest BCUT2D eigenvalue weighted by atomic mass is 9.50. The van der Waals surface area contributed by atoms with Crippen molar-refractivity contribution in [3.05, 3.63) is 0 Å². The molecule has 4 rings (SSSR count). The van der Waals surface area contributed by atoms with E-state index in [1.807, 2.05) is 13.8 Å². The Hall–Kier alpha value is -0.0800. The maximum atomic E-state index is 10.5. The minimum Gasteiger partial charge on any atom is -0.393 e. The lowest BCUT2D eigenvalue weighted by Gasteiger charge is -2.56. The van der Waals surface area contributed by atoms with E-state index in [-0.39, 0.29) is 11.6 Å². The van der Waals surface area contributed by atoms with Crippen molar-refractivity contribution in [1.29, 1.82) is 0 Å². The highest BCUT2D eigenvalue weighted by Gasteiger charge is 2.50. The SMILES string of the molecule is CC(C)(N)CC(O)C1C2CC3CC(C2)CC1C3. The highest BCUT2D eigenvalue weighted by Crippen LogP contribution is 2.57. The van der Waals surface area contributed by atoms with Crippen molar-refractivity contribution in [3.63, 3.8) is 0 Å². The molecule has 0 aromatic heterocycles. The van der Waals surface area contributed by atoms with Gasteiger partial charge in [-0.05, 0) is 82.0 Å². The average Bonchev–Trinajstić information content (AvgIpc) is 2.11. The van der Waals surface area contributed by atoms with Crippen LogP contribution in [0.3, 0.4) is 0 Å². The summed E-state index contributed by atoms with van der Waals surface area (Å²) < 4.78 is 0. The van der Waals surface area contributed by atoms with Gasteiger partial charge in [0.2, 0.25) is 0 Å². The zero-order chi connectivity index (χ0) is 12.2. The van der Waals surface area contributed by atoms with Gasteiger partial charge >= 0.3 is 0 Å². The van der Waals surface area contributed by atoms with Gasteiger partial charge in [-0.25, -0.2) is 0 Å². The molecule has 1 unspecified atom stereocenters. The van der Waals surface area contributed by atoms with E-state index in [2.05, 4.69) is 0 Å². The molecule has 0 aromatic rings. The lowest BCUT2D eigenvalue weighted by molar-refractivity contribution is -0.0946. The van der Waals surface area contributed by atoms with Gasteiger partial charge in [0.25, 0.3) is 0 Å². The second kappa shape index (κ2) is 3.96. The van der Waals surface area contributed by atoms with E-state index < -0.39 is 0 Å². The second-order valence-corrected chi connectivity index (χ2v) is 7.77. The molecule has 4 fully saturated rings. The molecule has 0 spiro atoms. The van der Waals surface area contributed by atoms with Crippen LogP contribution in [-0.4, -0.2) is 16.7 Å². The molecule has 1 atom stereocenters. The van der Waals surface area contributed by atoms with Crippen LogP contribution in [0.4, 0.5) is 0 Å². The fourth-order valence-corrected chi connectivity index (χ4v) is 5.27. The van der Waals surface area contributed by atoms with Crippen LogP contribution < -0.4 is 5.73 Å². The molecule has 0 radical (unpaired) electrons. The summed E-state index contributed by atoms with van der Waals surface area (Å²) in [6, 6.07) is 0. The molecule has 2 nitrogen and oxygen atoms in total. The number of hydrogen-bond donors (Lipinski definition) is 2.